The van der Waals surface area contributed by atoms with E-state index in [0.29, 0.717) is 0 Å². The van der Waals surface area contributed by atoms with E-state index in [1.54, 1.807) is 11.4 Å². The number of rotatable bonds is 11. The fraction of sp³-hybridized carbons (Fsp3) is 0.500. The molecule has 8 radical (unpaired) electrons. The van der Waals surface area contributed by atoms with Gasteiger partial charge in [-0.25, -0.2) is 0 Å². The number of hydrogen-bond acceptors (Lipinski definition) is 5. The average Bonchev–Trinajstić information content (AvgIpc) is 2.31. The topological polar surface area (TPSA) is 46.2 Å². The van der Waals surface area contributed by atoms with Gasteiger partial charge in [0.15, 0.2) is 8.32 Å². The second kappa shape index (κ2) is 9.51. The Balaban J connectivity index is 4.38. The zero-order chi connectivity index (χ0) is 14.9. The van der Waals surface area contributed by atoms with Gasteiger partial charge < -0.3 is 20.6 Å². The summed E-state index contributed by atoms with van der Waals surface area (Å²) in [6.45, 7) is 15.9. The van der Waals surface area contributed by atoms with Gasteiger partial charge in [-0.05, 0) is 31.9 Å². The lowest BCUT2D eigenvalue weighted by Crippen LogP contribution is -2.49. The van der Waals surface area contributed by atoms with Crippen molar-refractivity contribution < 1.29 is 20.6 Å². The Morgan fingerprint density at radius 2 is 1.79 bits per heavy atom. The van der Waals surface area contributed by atoms with E-state index in [2.05, 4.69) is 47.4 Å². The van der Waals surface area contributed by atoms with Gasteiger partial charge in [-0.2, -0.15) is 0 Å². The van der Waals surface area contributed by atoms with Gasteiger partial charge in [0.05, 0.1) is 0 Å². The molecule has 0 aliphatic heterocycles. The summed E-state index contributed by atoms with van der Waals surface area (Å²) in [6, 6.07) is 0. The Bertz CT molecular complexity index is 285. The molecular weight excluding hydrogens is 345 g/mol. The first-order valence-electron chi connectivity index (χ1n) is 5.44. The van der Waals surface area contributed by atoms with E-state index in [0.717, 1.165) is 0 Å². The fourth-order valence-corrected chi connectivity index (χ4v) is 11.5. The lowest BCUT2D eigenvalue weighted by Gasteiger charge is -2.32. The first kappa shape index (κ1) is 19.6. The Labute approximate surface area is 128 Å². The number of hydrogen-bond donors (Lipinski definition) is 0. The third kappa shape index (κ3) is 10.0. The van der Waals surface area contributed by atoms with Crippen molar-refractivity contribution in [2.24, 2.45) is 0 Å². The van der Waals surface area contributed by atoms with Crippen LogP contribution in [0.25, 0.3) is 0 Å². The van der Waals surface area contributed by atoms with Gasteiger partial charge in [0, 0.05) is 0 Å². The molecule has 5 nitrogen and oxygen atoms in total. The van der Waals surface area contributed by atoms with Crippen molar-refractivity contribution in [3.05, 3.63) is 24.6 Å². The third-order valence-corrected chi connectivity index (χ3v) is 11.3. The van der Waals surface area contributed by atoms with E-state index in [9.17, 15) is 0 Å². The smallest absolute Gasteiger partial charge is 0.413 e. The highest BCUT2D eigenvalue weighted by Gasteiger charge is 2.36. The van der Waals surface area contributed by atoms with Crippen LogP contribution in [-0.2, 0) is 20.6 Å². The van der Waals surface area contributed by atoms with Gasteiger partial charge >= 0.3 is 37.9 Å². The molecule has 11 heteroatoms. The van der Waals surface area contributed by atoms with Gasteiger partial charge in [-0.15, -0.1) is 13.2 Å². The fourth-order valence-electron chi connectivity index (χ4n) is 1.12. The lowest BCUT2D eigenvalue weighted by atomic mass is 11.3. The summed E-state index contributed by atoms with van der Waals surface area (Å²) in [6.07, 6.45) is 0. The maximum Gasteiger partial charge on any atom is 0.413 e. The maximum atomic E-state index is 6.10. The molecule has 1 atom stereocenters. The molecule has 0 N–H and O–H groups in total. The molecule has 0 aromatic heterocycles. The van der Waals surface area contributed by atoms with E-state index in [-0.39, 0.29) is 20.0 Å². The van der Waals surface area contributed by atoms with Gasteiger partial charge in [0.1, 0.15) is 0 Å². The van der Waals surface area contributed by atoms with Gasteiger partial charge in [0.2, 0.25) is 10.5 Å². The summed E-state index contributed by atoms with van der Waals surface area (Å²) in [5.74, 6) is 0. The van der Waals surface area contributed by atoms with Gasteiger partial charge in [-0.3, -0.25) is 0 Å². The van der Waals surface area contributed by atoms with Crippen molar-refractivity contribution in [2.45, 2.75) is 26.2 Å². The van der Waals surface area contributed by atoms with Crippen molar-refractivity contribution in [3.8, 4) is 0 Å². The van der Waals surface area contributed by atoms with Gasteiger partial charge in [0.25, 0.3) is 0 Å². The molecule has 0 rings (SSSR count). The van der Waals surface area contributed by atoms with Gasteiger partial charge in [-0.1, -0.05) is 5.70 Å². The minimum atomic E-state index is -2.43. The molecule has 19 heavy (non-hydrogen) atoms. The molecule has 0 bridgehead atoms. The molecule has 0 aliphatic rings. The zero-order valence-corrected chi connectivity index (χ0v) is 17.6. The predicted octanol–water partition coefficient (Wildman–Crippen LogP) is 1.07. The lowest BCUT2D eigenvalue weighted by molar-refractivity contribution is 0.347. The van der Waals surface area contributed by atoms with Crippen LogP contribution >= 0.6 is 0 Å². The minimum absolute atomic E-state index is 0.110. The Morgan fingerprint density at radius 3 is 2.21 bits per heavy atom. The van der Waals surface area contributed by atoms with Crippen LogP contribution in [-0.4, -0.2) is 56.7 Å². The molecular formula is C8H18O5Si6. The summed E-state index contributed by atoms with van der Waals surface area (Å²) in [4.78, 5) is 0. The molecule has 0 fully saturated rings. The van der Waals surface area contributed by atoms with Crippen LogP contribution in [0.2, 0.25) is 26.2 Å². The summed E-state index contributed by atoms with van der Waals surface area (Å²) in [5.41, 5.74) is 3.44. The van der Waals surface area contributed by atoms with E-state index in [1.807, 2.05) is 6.55 Å². The summed E-state index contributed by atoms with van der Waals surface area (Å²) in [7, 11) is -3.17. The molecule has 0 saturated carbocycles. The Kier molecular flexibility index (Phi) is 9.80. The van der Waals surface area contributed by atoms with Crippen LogP contribution in [0.1, 0.15) is 0 Å². The second-order valence-electron chi connectivity index (χ2n) is 4.53. The SMILES string of the molecule is C=C[Si](O[Si]O[Si]O[Si])O[Si](C)(C=C)O[Si](C)(C)C. The monoisotopic (exact) mass is 362 g/mol. The van der Waals surface area contributed by atoms with Crippen molar-refractivity contribution in [2.75, 3.05) is 0 Å². The van der Waals surface area contributed by atoms with Crippen LogP contribution in [0.3, 0.4) is 0 Å². The largest absolute Gasteiger partial charge is 0.435 e. The quantitative estimate of drug-likeness (QED) is 0.406. The predicted molar refractivity (Wildman–Crippen MR) is 83.8 cm³/mol. The van der Waals surface area contributed by atoms with Crippen LogP contribution in [0.15, 0.2) is 24.6 Å². The molecule has 0 aromatic rings. The maximum absolute atomic E-state index is 6.10. The molecule has 0 aromatic carbocycles. The summed E-state index contributed by atoms with van der Waals surface area (Å²) >= 11 is 0. The van der Waals surface area contributed by atoms with Crippen molar-refractivity contribution in [1.82, 2.24) is 0 Å². The molecule has 0 amide bonds. The summed E-state index contributed by atoms with van der Waals surface area (Å²) < 4.78 is 27.2. The van der Waals surface area contributed by atoms with E-state index in [4.69, 9.17) is 16.5 Å². The zero-order valence-electron chi connectivity index (χ0n) is 11.6. The normalized spacial score (nSPS) is 15.3. The van der Waals surface area contributed by atoms with Crippen LogP contribution in [0, 0.1) is 0 Å². The van der Waals surface area contributed by atoms with Crippen LogP contribution in [0.4, 0.5) is 0 Å². The minimum Gasteiger partial charge on any atom is -0.435 e. The first-order valence-corrected chi connectivity index (χ1v) is 14.7. The highest BCUT2D eigenvalue weighted by atomic mass is 28.5. The van der Waals surface area contributed by atoms with E-state index >= 15 is 0 Å². The molecule has 0 heterocycles. The summed E-state index contributed by atoms with van der Waals surface area (Å²) in [5, 5.41) is 0. The average molecular weight is 363 g/mol. The molecule has 1 unspecified atom stereocenters. The van der Waals surface area contributed by atoms with Crippen LogP contribution in [0.5, 0.6) is 0 Å². The Morgan fingerprint density at radius 1 is 1.16 bits per heavy atom. The Hall–Kier alpha value is 0.581. The second-order valence-corrected chi connectivity index (χ2v) is 16.7. The molecule has 104 valence electrons. The first-order chi connectivity index (χ1) is 8.76. The molecule has 0 aliphatic carbocycles. The van der Waals surface area contributed by atoms with E-state index in [1.165, 1.54) is 0 Å². The molecule has 0 saturated heterocycles. The standard InChI is InChI=1S/C8H18O5Si6/c1-7-17(11-16-10-15-9-14)12-19(6,8-2)13-18(3,4)5/h7-8H,1-2H2,3-6H3. The molecule has 0 spiro atoms. The van der Waals surface area contributed by atoms with Crippen molar-refractivity contribution in [1.29, 1.82) is 0 Å². The highest BCUT2D eigenvalue weighted by Crippen LogP contribution is 2.17. The highest BCUT2D eigenvalue weighted by molar-refractivity contribution is 6.87. The van der Waals surface area contributed by atoms with Crippen molar-refractivity contribution in [3.63, 3.8) is 0 Å². The van der Waals surface area contributed by atoms with Crippen LogP contribution < -0.4 is 0 Å². The van der Waals surface area contributed by atoms with E-state index < -0.39 is 26.2 Å². The third-order valence-electron chi connectivity index (χ3n) is 1.62. The van der Waals surface area contributed by atoms with Crippen molar-refractivity contribution >= 4 is 56.7 Å².